The Morgan fingerprint density at radius 2 is 1.83 bits per heavy atom. The van der Waals surface area contributed by atoms with Gasteiger partial charge in [0.05, 0.1) is 5.57 Å². The molecule has 3 aliphatic rings. The monoisotopic (exact) mass is 335 g/mol. The van der Waals surface area contributed by atoms with Crippen molar-refractivity contribution in [3.63, 3.8) is 0 Å². The molecule has 1 saturated carbocycles. The average Bonchev–Trinajstić information content (AvgIpc) is 2.80. The minimum atomic E-state index is -0.655. The van der Waals surface area contributed by atoms with Gasteiger partial charge in [0.25, 0.3) is 5.91 Å². The van der Waals surface area contributed by atoms with Crippen molar-refractivity contribution in [2.75, 3.05) is 46.3 Å². The van der Waals surface area contributed by atoms with E-state index in [1.807, 2.05) is 0 Å². The number of esters is 1. The zero-order chi connectivity index (χ0) is 17.2. The first-order valence-electron chi connectivity index (χ1n) is 9.16. The molecule has 2 heterocycles. The van der Waals surface area contributed by atoms with Crippen LogP contribution in [0.1, 0.15) is 39.0 Å². The van der Waals surface area contributed by atoms with Crippen molar-refractivity contribution in [1.82, 2.24) is 15.1 Å². The smallest absolute Gasteiger partial charge is 0.335 e. The van der Waals surface area contributed by atoms with Crippen molar-refractivity contribution in [3.05, 3.63) is 11.1 Å². The number of rotatable bonds is 4. The molecule has 0 bridgehead atoms. The van der Waals surface area contributed by atoms with E-state index in [0.717, 1.165) is 64.8 Å². The second-order valence-corrected chi connectivity index (χ2v) is 7.35. The molecule has 0 aromatic heterocycles. The molecule has 0 atom stereocenters. The molecule has 1 saturated heterocycles. The number of likely N-dealkylation sites (N-methyl/N-ethyl adjacent to an activating group) is 1. The van der Waals surface area contributed by atoms with Crippen LogP contribution in [-0.4, -0.2) is 73.6 Å². The maximum atomic E-state index is 12.7. The lowest BCUT2D eigenvalue weighted by Gasteiger charge is -2.34. The quantitative estimate of drug-likeness (QED) is 0.775. The molecule has 6 nitrogen and oxygen atoms in total. The summed E-state index contributed by atoms with van der Waals surface area (Å²) in [5.74, 6) is -0.435. The zero-order valence-corrected chi connectivity index (χ0v) is 14.9. The third-order valence-electron chi connectivity index (χ3n) is 5.62. The first-order valence-corrected chi connectivity index (χ1v) is 9.16. The topological polar surface area (TPSA) is 61.9 Å². The van der Waals surface area contributed by atoms with Gasteiger partial charge in [-0.15, -0.1) is 0 Å². The molecule has 0 aromatic rings. The number of carbonyl (C=O) groups is 2. The highest BCUT2D eigenvalue weighted by Crippen LogP contribution is 2.43. The van der Waals surface area contributed by atoms with Gasteiger partial charge in [0.1, 0.15) is 5.60 Å². The van der Waals surface area contributed by atoms with Gasteiger partial charge in [-0.1, -0.05) is 6.42 Å². The predicted octanol–water partition coefficient (Wildman–Crippen LogP) is 0.926. The Balaban J connectivity index is 1.57. The van der Waals surface area contributed by atoms with E-state index in [4.69, 9.17) is 4.74 Å². The summed E-state index contributed by atoms with van der Waals surface area (Å²) in [6, 6.07) is 0. The largest absolute Gasteiger partial charge is 0.451 e. The highest BCUT2D eigenvalue weighted by molar-refractivity contribution is 6.07. The van der Waals surface area contributed by atoms with Gasteiger partial charge in [0, 0.05) is 44.8 Å². The Bertz CT molecular complexity index is 530. The van der Waals surface area contributed by atoms with Crippen LogP contribution in [0.25, 0.3) is 0 Å². The molecule has 6 heteroatoms. The Kier molecular flexibility index (Phi) is 5.25. The van der Waals surface area contributed by atoms with E-state index in [-0.39, 0.29) is 11.9 Å². The van der Waals surface area contributed by atoms with Crippen LogP contribution < -0.4 is 5.32 Å². The summed E-state index contributed by atoms with van der Waals surface area (Å²) >= 11 is 0. The molecular weight excluding hydrogens is 306 g/mol. The molecule has 24 heavy (non-hydrogen) atoms. The van der Waals surface area contributed by atoms with Crippen molar-refractivity contribution in [2.45, 2.75) is 44.6 Å². The molecule has 0 radical (unpaired) electrons. The van der Waals surface area contributed by atoms with Crippen LogP contribution in [0.3, 0.4) is 0 Å². The van der Waals surface area contributed by atoms with E-state index in [2.05, 4.69) is 22.2 Å². The molecule has 134 valence electrons. The average molecular weight is 335 g/mol. The summed E-state index contributed by atoms with van der Waals surface area (Å²) in [6.07, 6.45) is 4.72. The molecule has 1 aliphatic carbocycles. The zero-order valence-electron chi connectivity index (χ0n) is 14.9. The van der Waals surface area contributed by atoms with Crippen LogP contribution in [0, 0.1) is 0 Å². The van der Waals surface area contributed by atoms with Crippen LogP contribution >= 0.6 is 0 Å². The van der Waals surface area contributed by atoms with Crippen molar-refractivity contribution in [2.24, 2.45) is 0 Å². The molecule has 2 aliphatic heterocycles. The van der Waals surface area contributed by atoms with Gasteiger partial charge < -0.3 is 15.0 Å². The number of amides is 1. The van der Waals surface area contributed by atoms with Gasteiger partial charge in [0.2, 0.25) is 0 Å². The SMILES string of the molecule is CC1=C(C(=O)NCCN2CCN(C)CC2)C2(CCCCC2)OC1=O. The fourth-order valence-corrected chi connectivity index (χ4v) is 4.09. The normalized spacial score (nSPS) is 25.2. The fraction of sp³-hybridized carbons (Fsp3) is 0.778. The van der Waals surface area contributed by atoms with Gasteiger partial charge >= 0.3 is 5.97 Å². The van der Waals surface area contributed by atoms with Crippen molar-refractivity contribution in [1.29, 1.82) is 0 Å². The Morgan fingerprint density at radius 3 is 2.50 bits per heavy atom. The maximum absolute atomic E-state index is 12.7. The highest BCUT2D eigenvalue weighted by atomic mass is 16.6. The summed E-state index contributed by atoms with van der Waals surface area (Å²) in [4.78, 5) is 29.5. The second-order valence-electron chi connectivity index (χ2n) is 7.35. The van der Waals surface area contributed by atoms with Crippen LogP contribution in [-0.2, 0) is 14.3 Å². The van der Waals surface area contributed by atoms with E-state index >= 15 is 0 Å². The standard InChI is InChI=1S/C18H29N3O3/c1-14-15(18(24-17(14)23)6-4-3-5-7-18)16(22)19-8-9-21-12-10-20(2)11-13-21/h3-13H2,1-2H3,(H,19,22). The van der Waals surface area contributed by atoms with Crippen LogP contribution in [0.15, 0.2) is 11.1 Å². The van der Waals surface area contributed by atoms with E-state index in [1.165, 1.54) is 0 Å². The Morgan fingerprint density at radius 1 is 1.17 bits per heavy atom. The lowest BCUT2D eigenvalue weighted by Crippen LogP contribution is -2.47. The lowest BCUT2D eigenvalue weighted by atomic mass is 9.78. The molecule has 1 N–H and O–H groups in total. The minimum Gasteiger partial charge on any atom is -0.451 e. The summed E-state index contributed by atoms with van der Waals surface area (Å²) in [5, 5.41) is 3.02. The van der Waals surface area contributed by atoms with Gasteiger partial charge in [-0.3, -0.25) is 9.69 Å². The number of ether oxygens (including phenoxy) is 1. The summed E-state index contributed by atoms with van der Waals surface area (Å²) in [7, 11) is 2.13. The van der Waals surface area contributed by atoms with Gasteiger partial charge in [-0.2, -0.15) is 0 Å². The second kappa shape index (κ2) is 7.23. The van der Waals surface area contributed by atoms with E-state index in [1.54, 1.807) is 6.92 Å². The number of piperazine rings is 1. The number of hydrogen-bond donors (Lipinski definition) is 1. The number of carbonyl (C=O) groups excluding carboxylic acids is 2. The third-order valence-corrected chi connectivity index (χ3v) is 5.62. The summed E-state index contributed by atoms with van der Waals surface area (Å²) in [6.45, 7) is 7.42. The van der Waals surface area contributed by atoms with Gasteiger partial charge in [0.15, 0.2) is 0 Å². The molecule has 1 amide bonds. The molecule has 2 fully saturated rings. The summed E-state index contributed by atoms with van der Waals surface area (Å²) in [5.41, 5.74) is 0.428. The predicted molar refractivity (Wildman–Crippen MR) is 91.6 cm³/mol. The van der Waals surface area contributed by atoms with Gasteiger partial charge in [-0.25, -0.2) is 4.79 Å². The van der Waals surface area contributed by atoms with E-state index < -0.39 is 5.60 Å². The highest BCUT2D eigenvalue weighted by Gasteiger charge is 2.49. The third kappa shape index (κ3) is 3.49. The van der Waals surface area contributed by atoms with Gasteiger partial charge in [-0.05, 0) is 39.7 Å². The summed E-state index contributed by atoms with van der Waals surface area (Å²) < 4.78 is 5.65. The molecule has 3 rings (SSSR count). The van der Waals surface area contributed by atoms with Crippen molar-refractivity contribution in [3.8, 4) is 0 Å². The van der Waals surface area contributed by atoms with Crippen molar-refractivity contribution < 1.29 is 14.3 Å². The molecule has 0 unspecified atom stereocenters. The lowest BCUT2D eigenvalue weighted by molar-refractivity contribution is -0.149. The number of nitrogens with one attached hydrogen (secondary N) is 1. The van der Waals surface area contributed by atoms with Crippen molar-refractivity contribution >= 4 is 11.9 Å². The Labute approximate surface area is 144 Å². The number of nitrogens with zero attached hydrogens (tertiary/aromatic N) is 2. The molecular formula is C18H29N3O3. The van der Waals surface area contributed by atoms with E-state index in [0.29, 0.717) is 17.7 Å². The van der Waals surface area contributed by atoms with Crippen LogP contribution in [0.4, 0.5) is 0 Å². The molecule has 0 aromatic carbocycles. The minimum absolute atomic E-state index is 0.116. The van der Waals surface area contributed by atoms with Crippen LogP contribution in [0.5, 0.6) is 0 Å². The molecule has 1 spiro atoms. The maximum Gasteiger partial charge on any atom is 0.335 e. The van der Waals surface area contributed by atoms with E-state index in [9.17, 15) is 9.59 Å². The number of hydrogen-bond acceptors (Lipinski definition) is 5. The van der Waals surface area contributed by atoms with Crippen LogP contribution in [0.2, 0.25) is 0 Å². The first-order chi connectivity index (χ1) is 11.5. The first kappa shape index (κ1) is 17.4. The Hall–Kier alpha value is -1.40. The fourth-order valence-electron chi connectivity index (χ4n) is 4.09.